The Morgan fingerprint density at radius 3 is 2.52 bits per heavy atom. The van der Waals surface area contributed by atoms with Crippen LogP contribution in [-0.2, 0) is 11.3 Å². The zero-order valence-corrected chi connectivity index (χ0v) is 18.2. The number of hydrogen-bond acceptors (Lipinski definition) is 4. The maximum atomic E-state index is 12.2. The normalized spacial score (nSPS) is 11.0. The molecular formula is C22H25ClN4OS. The van der Waals surface area contributed by atoms with E-state index in [0.29, 0.717) is 29.8 Å². The van der Waals surface area contributed by atoms with Gasteiger partial charge in [-0.25, -0.2) is 0 Å². The zero-order chi connectivity index (χ0) is 20.6. The average molecular weight is 429 g/mol. The van der Waals surface area contributed by atoms with Gasteiger partial charge in [-0.05, 0) is 42.2 Å². The first-order valence-electron chi connectivity index (χ1n) is 9.65. The molecule has 2 aromatic carbocycles. The Hall–Kier alpha value is -2.31. The fourth-order valence-electron chi connectivity index (χ4n) is 2.80. The summed E-state index contributed by atoms with van der Waals surface area (Å²) in [5.74, 6) is 1.65. The molecule has 0 radical (unpaired) electrons. The van der Waals surface area contributed by atoms with Crippen LogP contribution in [0, 0.1) is 5.92 Å². The van der Waals surface area contributed by atoms with Crippen LogP contribution < -0.4 is 5.32 Å². The molecule has 0 aliphatic heterocycles. The van der Waals surface area contributed by atoms with Gasteiger partial charge in [0.2, 0.25) is 5.91 Å². The van der Waals surface area contributed by atoms with Crippen molar-refractivity contribution < 1.29 is 4.79 Å². The number of benzene rings is 2. The van der Waals surface area contributed by atoms with Crippen LogP contribution in [0.4, 0.5) is 0 Å². The fraction of sp³-hybridized carbons (Fsp3) is 0.318. The lowest BCUT2D eigenvalue weighted by Crippen LogP contribution is -2.27. The van der Waals surface area contributed by atoms with E-state index in [2.05, 4.69) is 41.5 Å². The molecule has 1 N–H and O–H groups in total. The number of nitrogens with one attached hydrogen (secondary N) is 1. The quantitative estimate of drug-likeness (QED) is 0.492. The number of halogens is 1. The van der Waals surface area contributed by atoms with Gasteiger partial charge in [0.25, 0.3) is 0 Å². The summed E-state index contributed by atoms with van der Waals surface area (Å²) >= 11 is 7.43. The van der Waals surface area contributed by atoms with Gasteiger partial charge in [-0.1, -0.05) is 67.5 Å². The third-order valence-corrected chi connectivity index (χ3v) is 5.60. The lowest BCUT2D eigenvalue weighted by molar-refractivity contribution is -0.118. The molecule has 0 bridgehead atoms. The molecule has 1 heterocycles. The minimum atomic E-state index is 0.0120. The number of rotatable bonds is 9. The maximum absolute atomic E-state index is 12.2. The van der Waals surface area contributed by atoms with Crippen LogP contribution in [0.15, 0.2) is 59.8 Å². The van der Waals surface area contributed by atoms with E-state index >= 15 is 0 Å². The summed E-state index contributed by atoms with van der Waals surface area (Å²) in [5, 5.41) is 13.1. The second-order valence-corrected chi connectivity index (χ2v) is 8.58. The molecular weight excluding hydrogens is 404 g/mol. The van der Waals surface area contributed by atoms with Crippen LogP contribution in [0.3, 0.4) is 0 Å². The summed E-state index contributed by atoms with van der Waals surface area (Å²) in [7, 11) is 0. The molecule has 1 amide bonds. The topological polar surface area (TPSA) is 59.8 Å². The Kier molecular flexibility index (Phi) is 7.72. The summed E-state index contributed by atoms with van der Waals surface area (Å²) in [5.41, 5.74) is 2.08. The number of amides is 1. The second-order valence-electron chi connectivity index (χ2n) is 7.21. The van der Waals surface area contributed by atoms with Crippen molar-refractivity contribution in [3.63, 3.8) is 0 Å². The SMILES string of the molecule is CC(C)CCNC(=O)CSc1nnc(-c2ccc(Cl)cc2)n1Cc1ccccc1. The number of thioether (sulfide) groups is 1. The van der Waals surface area contributed by atoms with Crippen LogP contribution in [0.2, 0.25) is 5.02 Å². The van der Waals surface area contributed by atoms with Crippen molar-refractivity contribution in [3.8, 4) is 11.4 Å². The molecule has 3 rings (SSSR count). The van der Waals surface area contributed by atoms with Gasteiger partial charge >= 0.3 is 0 Å². The van der Waals surface area contributed by atoms with Crippen molar-refractivity contribution in [2.24, 2.45) is 5.92 Å². The number of aromatic nitrogens is 3. The number of nitrogens with zero attached hydrogens (tertiary/aromatic N) is 3. The Balaban J connectivity index is 1.77. The lowest BCUT2D eigenvalue weighted by atomic mass is 10.1. The first-order valence-corrected chi connectivity index (χ1v) is 11.0. The van der Waals surface area contributed by atoms with Gasteiger partial charge in [0, 0.05) is 17.1 Å². The molecule has 29 heavy (non-hydrogen) atoms. The molecule has 0 saturated heterocycles. The van der Waals surface area contributed by atoms with E-state index in [9.17, 15) is 4.79 Å². The first kappa shape index (κ1) is 21.4. The molecule has 0 aliphatic carbocycles. The van der Waals surface area contributed by atoms with Gasteiger partial charge in [0.05, 0.1) is 12.3 Å². The highest BCUT2D eigenvalue weighted by molar-refractivity contribution is 7.99. The smallest absolute Gasteiger partial charge is 0.230 e. The van der Waals surface area contributed by atoms with Crippen molar-refractivity contribution in [1.82, 2.24) is 20.1 Å². The molecule has 5 nitrogen and oxygen atoms in total. The van der Waals surface area contributed by atoms with Gasteiger partial charge in [-0.15, -0.1) is 10.2 Å². The predicted molar refractivity (Wildman–Crippen MR) is 119 cm³/mol. The third-order valence-electron chi connectivity index (χ3n) is 4.38. The fourth-order valence-corrected chi connectivity index (χ4v) is 3.69. The highest BCUT2D eigenvalue weighted by Crippen LogP contribution is 2.26. The van der Waals surface area contributed by atoms with Crippen LogP contribution >= 0.6 is 23.4 Å². The molecule has 3 aromatic rings. The molecule has 0 spiro atoms. The largest absolute Gasteiger partial charge is 0.355 e. The van der Waals surface area contributed by atoms with E-state index in [-0.39, 0.29) is 5.91 Å². The van der Waals surface area contributed by atoms with Crippen molar-refractivity contribution in [1.29, 1.82) is 0 Å². The van der Waals surface area contributed by atoms with Crippen molar-refractivity contribution in [2.75, 3.05) is 12.3 Å². The van der Waals surface area contributed by atoms with E-state index < -0.39 is 0 Å². The van der Waals surface area contributed by atoms with Gasteiger partial charge in [-0.3, -0.25) is 9.36 Å². The maximum Gasteiger partial charge on any atom is 0.230 e. The molecule has 0 saturated carbocycles. The molecule has 1 aromatic heterocycles. The lowest BCUT2D eigenvalue weighted by Gasteiger charge is -2.11. The minimum absolute atomic E-state index is 0.0120. The van der Waals surface area contributed by atoms with Gasteiger partial charge in [-0.2, -0.15) is 0 Å². The highest BCUT2D eigenvalue weighted by atomic mass is 35.5. The zero-order valence-electron chi connectivity index (χ0n) is 16.6. The molecule has 0 fully saturated rings. The summed E-state index contributed by atoms with van der Waals surface area (Å²) in [6, 6.07) is 17.7. The van der Waals surface area contributed by atoms with E-state index in [1.807, 2.05) is 47.0 Å². The number of carbonyl (C=O) groups excluding carboxylic acids is 1. The van der Waals surface area contributed by atoms with Gasteiger partial charge < -0.3 is 5.32 Å². The van der Waals surface area contributed by atoms with Crippen LogP contribution in [0.1, 0.15) is 25.8 Å². The van der Waals surface area contributed by atoms with E-state index in [4.69, 9.17) is 11.6 Å². The second kappa shape index (κ2) is 10.5. The van der Waals surface area contributed by atoms with Crippen molar-refractivity contribution in [2.45, 2.75) is 32.0 Å². The van der Waals surface area contributed by atoms with Gasteiger partial charge in [0.1, 0.15) is 0 Å². The Bertz CT molecular complexity index is 926. The van der Waals surface area contributed by atoms with Crippen LogP contribution in [-0.4, -0.2) is 33.0 Å². The molecule has 0 aliphatic rings. The Labute approximate surface area is 180 Å². The van der Waals surface area contributed by atoms with Crippen LogP contribution in [0.25, 0.3) is 11.4 Å². The Morgan fingerprint density at radius 1 is 1.10 bits per heavy atom. The predicted octanol–water partition coefficient (Wildman–Crippen LogP) is 4.90. The molecule has 152 valence electrons. The molecule has 7 heteroatoms. The summed E-state index contributed by atoms with van der Waals surface area (Å²) in [6.45, 7) is 5.61. The van der Waals surface area contributed by atoms with E-state index in [1.54, 1.807) is 0 Å². The van der Waals surface area contributed by atoms with E-state index in [0.717, 1.165) is 28.5 Å². The number of hydrogen-bond donors (Lipinski definition) is 1. The third kappa shape index (κ3) is 6.34. The molecule has 0 unspecified atom stereocenters. The van der Waals surface area contributed by atoms with Gasteiger partial charge in [0.15, 0.2) is 11.0 Å². The molecule has 0 atom stereocenters. The van der Waals surface area contributed by atoms with Crippen molar-refractivity contribution >= 4 is 29.3 Å². The Morgan fingerprint density at radius 2 is 1.83 bits per heavy atom. The average Bonchev–Trinajstić information content (AvgIpc) is 3.10. The highest BCUT2D eigenvalue weighted by Gasteiger charge is 2.16. The standard InChI is InChI=1S/C22H25ClN4OS/c1-16(2)12-13-24-20(28)15-29-22-26-25-21(18-8-10-19(23)11-9-18)27(22)14-17-6-4-3-5-7-17/h3-11,16H,12-15H2,1-2H3,(H,24,28). The number of carbonyl (C=O) groups is 1. The van der Waals surface area contributed by atoms with E-state index in [1.165, 1.54) is 11.8 Å². The minimum Gasteiger partial charge on any atom is -0.355 e. The summed E-state index contributed by atoms with van der Waals surface area (Å²) < 4.78 is 2.05. The monoisotopic (exact) mass is 428 g/mol. The van der Waals surface area contributed by atoms with Crippen molar-refractivity contribution in [3.05, 3.63) is 65.2 Å². The summed E-state index contributed by atoms with van der Waals surface area (Å²) in [6.07, 6.45) is 0.974. The first-order chi connectivity index (χ1) is 14.0. The van der Waals surface area contributed by atoms with Crippen LogP contribution in [0.5, 0.6) is 0 Å². The summed E-state index contributed by atoms with van der Waals surface area (Å²) in [4.78, 5) is 12.2.